The Bertz CT molecular complexity index is 958. The monoisotopic (exact) mass is 385 g/mol. The maximum atomic E-state index is 13.0. The van der Waals surface area contributed by atoms with Crippen LogP contribution in [0.3, 0.4) is 0 Å². The minimum Gasteiger partial charge on any atom is -0.497 e. The van der Waals surface area contributed by atoms with Crippen molar-refractivity contribution in [3.8, 4) is 22.9 Å². The molecule has 2 aromatic carbocycles. The van der Waals surface area contributed by atoms with Crippen molar-refractivity contribution in [3.63, 3.8) is 0 Å². The number of methoxy groups -OCH3 is 2. The Balaban J connectivity index is 1.67. The van der Waals surface area contributed by atoms with Crippen LogP contribution in [0.1, 0.15) is 18.5 Å². The number of amides is 1. The molecule has 0 bridgehead atoms. The summed E-state index contributed by atoms with van der Waals surface area (Å²) in [5.41, 5.74) is 1.40. The molecule has 0 aliphatic carbocycles. The van der Waals surface area contributed by atoms with Crippen molar-refractivity contribution in [1.29, 1.82) is 0 Å². The van der Waals surface area contributed by atoms with Crippen molar-refractivity contribution in [1.82, 2.24) is 25.5 Å². The third-order valence-electron chi connectivity index (χ3n) is 4.12. The van der Waals surface area contributed by atoms with Crippen LogP contribution in [0.2, 0.25) is 0 Å². The van der Waals surface area contributed by atoms with Gasteiger partial charge in [-0.15, -0.1) is 10.2 Å². The van der Waals surface area contributed by atoms with Crippen molar-refractivity contribution in [3.05, 3.63) is 53.8 Å². The Hall–Kier alpha value is -3.49. The van der Waals surface area contributed by atoms with Gasteiger partial charge in [0.15, 0.2) is 0 Å². The molecule has 0 unspecified atom stereocenters. The zero-order valence-electron chi connectivity index (χ0n) is 15.7. The molecule has 0 fully saturated rings. The summed E-state index contributed by atoms with van der Waals surface area (Å²) in [7, 11) is 3.14. The fourth-order valence-corrected chi connectivity index (χ4v) is 2.70. The second kappa shape index (κ2) is 8.47. The Labute approximate surface area is 161 Å². The van der Waals surface area contributed by atoms with Crippen molar-refractivity contribution >= 4 is 5.91 Å². The summed E-state index contributed by atoms with van der Waals surface area (Å²) in [5, 5.41) is 14.8. The van der Waals surface area contributed by atoms with Crippen LogP contribution in [-0.2, 0) is 11.3 Å². The summed E-state index contributed by atoms with van der Waals surface area (Å²) in [6, 6.07) is 10.8. The smallest absolute Gasteiger partial charge is 0.244 e. The van der Waals surface area contributed by atoms with E-state index in [1.54, 1.807) is 38.5 Å². The zero-order valence-corrected chi connectivity index (χ0v) is 15.7. The first-order valence-electron chi connectivity index (χ1n) is 8.55. The maximum absolute atomic E-state index is 13.0. The summed E-state index contributed by atoms with van der Waals surface area (Å²) < 4.78 is 23.6. The van der Waals surface area contributed by atoms with E-state index in [0.717, 1.165) is 5.56 Å². The van der Waals surface area contributed by atoms with Crippen LogP contribution in [0.4, 0.5) is 4.39 Å². The predicted molar refractivity (Wildman–Crippen MR) is 99.3 cm³/mol. The molecule has 1 aromatic heterocycles. The van der Waals surface area contributed by atoms with Crippen LogP contribution in [-0.4, -0.2) is 40.3 Å². The molecule has 8 nitrogen and oxygen atoms in total. The second-order valence-corrected chi connectivity index (χ2v) is 6.05. The number of hydrogen-bond acceptors (Lipinski definition) is 6. The van der Waals surface area contributed by atoms with Crippen molar-refractivity contribution < 1.29 is 18.7 Å². The quantitative estimate of drug-likeness (QED) is 0.671. The normalized spacial score (nSPS) is 11.7. The third-order valence-corrected chi connectivity index (χ3v) is 4.12. The van der Waals surface area contributed by atoms with Gasteiger partial charge < -0.3 is 14.8 Å². The van der Waals surface area contributed by atoms with Crippen molar-refractivity contribution in [2.24, 2.45) is 0 Å². The van der Waals surface area contributed by atoms with E-state index in [1.165, 1.54) is 16.9 Å². The van der Waals surface area contributed by atoms with E-state index in [9.17, 15) is 9.18 Å². The lowest BCUT2D eigenvalue weighted by atomic mass is 10.1. The minimum atomic E-state index is -0.350. The molecule has 28 heavy (non-hydrogen) atoms. The first kappa shape index (κ1) is 19.3. The van der Waals surface area contributed by atoms with E-state index < -0.39 is 0 Å². The molecule has 3 rings (SSSR count). The molecule has 1 heterocycles. The average Bonchev–Trinajstić information content (AvgIpc) is 3.16. The molecule has 146 valence electrons. The van der Waals surface area contributed by atoms with Gasteiger partial charge in [-0.05, 0) is 54.6 Å². The average molecular weight is 385 g/mol. The summed E-state index contributed by atoms with van der Waals surface area (Å²) in [6.07, 6.45) is 0. The van der Waals surface area contributed by atoms with Gasteiger partial charge in [0, 0.05) is 11.1 Å². The van der Waals surface area contributed by atoms with Gasteiger partial charge in [0.2, 0.25) is 11.7 Å². The van der Waals surface area contributed by atoms with Crippen molar-refractivity contribution in [2.45, 2.75) is 19.5 Å². The molecule has 0 spiro atoms. The highest BCUT2D eigenvalue weighted by atomic mass is 19.1. The van der Waals surface area contributed by atoms with Gasteiger partial charge in [-0.3, -0.25) is 4.79 Å². The highest BCUT2D eigenvalue weighted by molar-refractivity contribution is 5.76. The maximum Gasteiger partial charge on any atom is 0.244 e. The number of benzene rings is 2. The van der Waals surface area contributed by atoms with Gasteiger partial charge in [0.05, 0.1) is 20.3 Å². The van der Waals surface area contributed by atoms with E-state index in [1.807, 2.05) is 13.0 Å². The Morgan fingerprint density at radius 2 is 1.93 bits per heavy atom. The number of nitrogens with one attached hydrogen (secondary N) is 1. The van der Waals surface area contributed by atoms with Crippen molar-refractivity contribution in [2.75, 3.05) is 14.2 Å². The summed E-state index contributed by atoms with van der Waals surface area (Å²) in [4.78, 5) is 13.6. The minimum absolute atomic E-state index is 0.106. The Kier molecular flexibility index (Phi) is 5.83. The van der Waals surface area contributed by atoms with Crippen LogP contribution < -0.4 is 14.8 Å². The lowest BCUT2D eigenvalue weighted by Crippen LogP contribution is -2.31. The number of halogens is 1. The molecule has 3 aromatic rings. The Morgan fingerprint density at radius 3 is 2.61 bits per heavy atom. The summed E-state index contributed by atoms with van der Waals surface area (Å²) in [6.45, 7) is 1.73. The predicted octanol–water partition coefficient (Wildman–Crippen LogP) is 2.37. The van der Waals surface area contributed by atoms with E-state index in [-0.39, 0.29) is 24.3 Å². The van der Waals surface area contributed by atoms with Crippen LogP contribution in [0.25, 0.3) is 11.4 Å². The van der Waals surface area contributed by atoms with Gasteiger partial charge in [-0.2, -0.15) is 4.80 Å². The number of carbonyl (C=O) groups excluding carboxylic acids is 1. The molecule has 0 saturated heterocycles. The lowest BCUT2D eigenvalue weighted by Gasteiger charge is -2.18. The number of hydrogen-bond donors (Lipinski definition) is 1. The fraction of sp³-hybridized carbons (Fsp3) is 0.263. The fourth-order valence-electron chi connectivity index (χ4n) is 2.70. The van der Waals surface area contributed by atoms with E-state index in [0.29, 0.717) is 22.9 Å². The van der Waals surface area contributed by atoms with Crippen LogP contribution in [0.15, 0.2) is 42.5 Å². The van der Waals surface area contributed by atoms with Gasteiger partial charge in [-0.25, -0.2) is 4.39 Å². The SMILES string of the molecule is COc1ccc(OC)c([C@H](C)NC(=O)Cn2nnc(-c3ccc(F)cc3)n2)c1. The lowest BCUT2D eigenvalue weighted by molar-refractivity contribution is -0.122. The third kappa shape index (κ3) is 4.43. The first-order chi connectivity index (χ1) is 13.5. The molecular formula is C19H20FN5O3. The molecule has 9 heteroatoms. The van der Waals surface area contributed by atoms with E-state index in [2.05, 4.69) is 20.7 Å². The molecule has 1 N–H and O–H groups in total. The highest BCUT2D eigenvalue weighted by Gasteiger charge is 2.16. The van der Waals surface area contributed by atoms with Crippen LogP contribution in [0, 0.1) is 5.82 Å². The van der Waals surface area contributed by atoms with Gasteiger partial charge in [0.25, 0.3) is 0 Å². The molecular weight excluding hydrogens is 365 g/mol. The summed E-state index contributed by atoms with van der Waals surface area (Å²) in [5.74, 6) is 0.984. The number of nitrogens with zero attached hydrogens (tertiary/aromatic N) is 4. The number of rotatable bonds is 7. The standard InChI is InChI=1S/C19H20FN5O3/c1-12(16-10-15(27-2)8-9-17(16)28-3)21-18(26)11-25-23-19(22-24-25)13-4-6-14(20)7-5-13/h4-10,12H,11H2,1-3H3,(H,21,26)/t12-/m0/s1. The first-order valence-corrected chi connectivity index (χ1v) is 8.55. The molecule has 0 radical (unpaired) electrons. The second-order valence-electron chi connectivity index (χ2n) is 6.05. The van der Waals surface area contributed by atoms with Gasteiger partial charge >= 0.3 is 0 Å². The number of carbonyl (C=O) groups is 1. The largest absolute Gasteiger partial charge is 0.497 e. The summed E-state index contributed by atoms with van der Waals surface area (Å²) >= 11 is 0. The van der Waals surface area contributed by atoms with Gasteiger partial charge in [0.1, 0.15) is 23.9 Å². The number of ether oxygens (including phenoxy) is 2. The molecule has 1 atom stereocenters. The van der Waals surface area contributed by atoms with E-state index in [4.69, 9.17) is 9.47 Å². The number of tetrazole rings is 1. The number of aromatic nitrogens is 4. The topological polar surface area (TPSA) is 91.2 Å². The molecule has 0 aliphatic heterocycles. The van der Waals surface area contributed by atoms with Crippen LogP contribution in [0.5, 0.6) is 11.5 Å². The highest BCUT2D eigenvalue weighted by Crippen LogP contribution is 2.29. The molecule has 0 aliphatic rings. The Morgan fingerprint density at radius 1 is 1.18 bits per heavy atom. The van der Waals surface area contributed by atoms with Gasteiger partial charge in [-0.1, -0.05) is 0 Å². The van der Waals surface area contributed by atoms with Crippen LogP contribution >= 0.6 is 0 Å². The zero-order chi connectivity index (χ0) is 20.1. The molecule has 1 amide bonds. The van der Waals surface area contributed by atoms with E-state index >= 15 is 0 Å². The molecule has 0 saturated carbocycles.